The minimum Gasteiger partial charge on any atom is -0.382 e. The number of allylic oxidation sites excluding steroid dienone is 1. The van der Waals surface area contributed by atoms with Gasteiger partial charge < -0.3 is 10.6 Å². The number of hydrogen-bond acceptors (Lipinski definition) is 3. The molecule has 0 saturated heterocycles. The van der Waals surface area contributed by atoms with Gasteiger partial charge in [0.2, 0.25) is 0 Å². The Bertz CT molecular complexity index is 511. The zero-order valence-electron chi connectivity index (χ0n) is 12.2. The average molecular weight is 269 g/mol. The third-order valence-corrected chi connectivity index (χ3v) is 3.60. The first kappa shape index (κ1) is 14.4. The number of anilines is 1. The van der Waals surface area contributed by atoms with Crippen LogP contribution >= 0.6 is 0 Å². The van der Waals surface area contributed by atoms with Gasteiger partial charge >= 0.3 is 0 Å². The lowest BCUT2D eigenvalue weighted by Gasteiger charge is -2.19. The van der Waals surface area contributed by atoms with E-state index in [2.05, 4.69) is 47.1 Å². The van der Waals surface area contributed by atoms with Gasteiger partial charge in [-0.3, -0.25) is 4.99 Å². The largest absolute Gasteiger partial charge is 0.382 e. The minimum atomic E-state index is 0.593. The summed E-state index contributed by atoms with van der Waals surface area (Å²) in [6.07, 6.45) is 6.86. The summed E-state index contributed by atoms with van der Waals surface area (Å²) in [5, 5.41) is 6.89. The molecule has 0 amide bonds. The van der Waals surface area contributed by atoms with E-state index in [4.69, 9.17) is 0 Å². The Morgan fingerprint density at radius 3 is 2.70 bits per heavy atom. The van der Waals surface area contributed by atoms with Crippen LogP contribution in [0.15, 0.2) is 47.7 Å². The number of nitrogens with zero attached hydrogens (tertiary/aromatic N) is 1. The monoisotopic (exact) mass is 269 g/mol. The second-order valence-corrected chi connectivity index (χ2v) is 5.27. The van der Waals surface area contributed by atoms with Gasteiger partial charge in [-0.15, -0.1) is 0 Å². The molecule has 0 spiro atoms. The van der Waals surface area contributed by atoms with E-state index >= 15 is 0 Å². The van der Waals surface area contributed by atoms with Gasteiger partial charge in [0.25, 0.3) is 0 Å². The van der Waals surface area contributed by atoms with Crippen LogP contribution < -0.4 is 10.6 Å². The van der Waals surface area contributed by atoms with Crippen molar-refractivity contribution in [2.45, 2.75) is 38.6 Å². The third-order valence-electron chi connectivity index (χ3n) is 3.60. The molecule has 106 valence electrons. The number of rotatable bonds is 6. The first-order valence-corrected chi connectivity index (χ1v) is 7.15. The van der Waals surface area contributed by atoms with E-state index < -0.39 is 0 Å². The van der Waals surface area contributed by atoms with Crippen molar-refractivity contribution in [3.8, 4) is 0 Å². The predicted molar refractivity (Wildman–Crippen MR) is 87.8 cm³/mol. The zero-order valence-corrected chi connectivity index (χ0v) is 12.2. The maximum Gasteiger partial charge on any atom is 0.0450 e. The van der Waals surface area contributed by atoms with E-state index in [1.165, 1.54) is 25.7 Å². The molecular weight excluding hydrogens is 246 g/mol. The molecule has 3 nitrogen and oxygen atoms in total. The van der Waals surface area contributed by atoms with Gasteiger partial charge in [0.05, 0.1) is 0 Å². The number of hydrogen-bond donors (Lipinski definition) is 2. The quantitative estimate of drug-likeness (QED) is 0.761. The predicted octanol–water partition coefficient (Wildman–Crippen LogP) is 4.16. The van der Waals surface area contributed by atoms with Crippen LogP contribution in [-0.2, 0) is 0 Å². The molecule has 0 aromatic heterocycles. The first-order valence-electron chi connectivity index (χ1n) is 7.15. The van der Waals surface area contributed by atoms with Crippen molar-refractivity contribution in [3.63, 3.8) is 0 Å². The maximum absolute atomic E-state index is 4.13. The molecule has 0 heterocycles. The molecule has 0 radical (unpaired) electrons. The van der Waals surface area contributed by atoms with Crippen molar-refractivity contribution in [2.75, 3.05) is 5.32 Å². The molecule has 0 atom stereocenters. The summed E-state index contributed by atoms with van der Waals surface area (Å²) in [6.45, 7) is 9.54. The van der Waals surface area contributed by atoms with E-state index in [0.29, 0.717) is 6.04 Å². The Morgan fingerprint density at radius 1 is 1.30 bits per heavy atom. The van der Waals surface area contributed by atoms with E-state index in [9.17, 15) is 0 Å². The Morgan fingerprint density at radius 2 is 2.00 bits per heavy atom. The van der Waals surface area contributed by atoms with Gasteiger partial charge in [-0.25, -0.2) is 0 Å². The van der Waals surface area contributed by atoms with Crippen molar-refractivity contribution in [1.29, 1.82) is 0 Å². The SMILES string of the molecule is C=N/C=C(\C)NC(=C)c1ccccc1NC1CCCC1. The van der Waals surface area contributed by atoms with Crippen LogP contribution in [0.1, 0.15) is 38.2 Å². The lowest BCUT2D eigenvalue weighted by molar-refractivity contribution is 0.755. The molecule has 2 N–H and O–H groups in total. The van der Waals surface area contributed by atoms with Gasteiger partial charge in [-0.2, -0.15) is 0 Å². The highest BCUT2D eigenvalue weighted by molar-refractivity contribution is 5.75. The van der Waals surface area contributed by atoms with Crippen molar-refractivity contribution in [3.05, 3.63) is 48.3 Å². The fourth-order valence-electron chi connectivity index (χ4n) is 2.64. The number of para-hydroxylation sites is 1. The molecule has 3 heteroatoms. The van der Waals surface area contributed by atoms with Crippen molar-refractivity contribution in [1.82, 2.24) is 5.32 Å². The van der Waals surface area contributed by atoms with E-state index in [0.717, 1.165) is 22.6 Å². The molecule has 1 fully saturated rings. The highest BCUT2D eigenvalue weighted by Gasteiger charge is 2.16. The van der Waals surface area contributed by atoms with Gasteiger partial charge in [0.15, 0.2) is 0 Å². The molecule has 0 bridgehead atoms. The van der Waals surface area contributed by atoms with Crippen molar-refractivity contribution in [2.24, 2.45) is 4.99 Å². The second-order valence-electron chi connectivity index (χ2n) is 5.27. The molecule has 1 aromatic carbocycles. The van der Waals surface area contributed by atoms with Gasteiger partial charge in [0.1, 0.15) is 0 Å². The summed E-state index contributed by atoms with van der Waals surface area (Å²) in [4.78, 5) is 3.76. The second kappa shape index (κ2) is 6.94. The Balaban J connectivity index is 2.12. The summed E-state index contributed by atoms with van der Waals surface area (Å²) in [5.74, 6) is 0. The molecule has 0 unspecified atom stereocenters. The highest BCUT2D eigenvalue weighted by Crippen LogP contribution is 2.27. The lowest BCUT2D eigenvalue weighted by atomic mass is 10.1. The van der Waals surface area contributed by atoms with Crippen LogP contribution in [0.5, 0.6) is 0 Å². The lowest BCUT2D eigenvalue weighted by Crippen LogP contribution is -2.17. The van der Waals surface area contributed by atoms with E-state index in [-0.39, 0.29) is 0 Å². The van der Waals surface area contributed by atoms with Crippen LogP contribution in [-0.4, -0.2) is 12.8 Å². The Labute approximate surface area is 121 Å². The van der Waals surface area contributed by atoms with Crippen LogP contribution in [0.3, 0.4) is 0 Å². The minimum absolute atomic E-state index is 0.593. The standard InChI is InChI=1S/C17H23N3/c1-13(12-18-3)19-14(2)16-10-6-7-11-17(16)20-15-8-4-5-9-15/h6-7,10-12,15,19-20H,2-5,8-9H2,1H3/b13-12+. The van der Waals surface area contributed by atoms with Crippen LogP contribution in [0, 0.1) is 0 Å². The normalized spacial score (nSPS) is 15.9. The fraction of sp³-hybridized carbons (Fsp3) is 0.353. The molecular formula is C17H23N3. The highest BCUT2D eigenvalue weighted by atomic mass is 14.9. The summed E-state index contributed by atoms with van der Waals surface area (Å²) in [6, 6.07) is 8.89. The maximum atomic E-state index is 4.13. The van der Waals surface area contributed by atoms with E-state index in [1.807, 2.05) is 13.0 Å². The Hall–Kier alpha value is -2.03. The van der Waals surface area contributed by atoms with Gasteiger partial charge in [-0.1, -0.05) is 37.6 Å². The molecule has 1 aliphatic rings. The summed E-state index contributed by atoms with van der Waals surface area (Å²) in [7, 11) is 0. The summed E-state index contributed by atoms with van der Waals surface area (Å²) >= 11 is 0. The van der Waals surface area contributed by atoms with Gasteiger partial charge in [-0.05, 0) is 32.5 Å². The molecule has 20 heavy (non-hydrogen) atoms. The molecule has 1 aromatic rings. The topological polar surface area (TPSA) is 36.4 Å². The number of benzene rings is 1. The number of nitrogens with one attached hydrogen (secondary N) is 2. The van der Waals surface area contributed by atoms with Crippen LogP contribution in [0.25, 0.3) is 5.70 Å². The van der Waals surface area contributed by atoms with Crippen LogP contribution in [0.2, 0.25) is 0 Å². The molecule has 0 aliphatic heterocycles. The third kappa shape index (κ3) is 3.73. The summed E-state index contributed by atoms with van der Waals surface area (Å²) < 4.78 is 0. The smallest absolute Gasteiger partial charge is 0.0450 e. The molecule has 1 saturated carbocycles. The first-order chi connectivity index (χ1) is 9.70. The van der Waals surface area contributed by atoms with Crippen LogP contribution in [0.4, 0.5) is 5.69 Å². The summed E-state index contributed by atoms with van der Waals surface area (Å²) in [5.41, 5.74) is 4.07. The van der Waals surface area contributed by atoms with Gasteiger partial charge in [0, 0.05) is 34.9 Å². The van der Waals surface area contributed by atoms with Crippen molar-refractivity contribution >= 4 is 18.1 Å². The fourth-order valence-corrected chi connectivity index (χ4v) is 2.64. The average Bonchev–Trinajstić information content (AvgIpc) is 2.92. The Kier molecular flexibility index (Phi) is 4.99. The van der Waals surface area contributed by atoms with Crippen molar-refractivity contribution < 1.29 is 0 Å². The van der Waals surface area contributed by atoms with E-state index in [1.54, 1.807) is 6.20 Å². The zero-order chi connectivity index (χ0) is 14.4. The molecule has 2 rings (SSSR count). The number of aliphatic imine (C=N–C) groups is 1. The molecule has 1 aliphatic carbocycles.